The van der Waals surface area contributed by atoms with Gasteiger partial charge < -0.3 is 25.0 Å². The number of rotatable bonds is 6. The number of aromatic nitrogens is 1. The molecule has 0 radical (unpaired) electrons. The lowest BCUT2D eigenvalue weighted by atomic mass is 10.0. The molecule has 1 aromatic carbocycles. The maximum atomic E-state index is 13.4. The number of hydrogen-bond donors (Lipinski definition) is 2. The maximum absolute atomic E-state index is 13.4. The van der Waals surface area contributed by atoms with Crippen molar-refractivity contribution in [2.24, 2.45) is 0 Å². The molecular weight excluding hydrogens is 464 g/mol. The summed E-state index contributed by atoms with van der Waals surface area (Å²) >= 11 is 1.69. The number of pyridine rings is 1. The van der Waals surface area contributed by atoms with Crippen molar-refractivity contribution in [2.75, 3.05) is 43.9 Å². The van der Waals surface area contributed by atoms with Gasteiger partial charge in [-0.25, -0.2) is 9.78 Å². The van der Waals surface area contributed by atoms with E-state index in [0.717, 1.165) is 11.3 Å². The number of nitrogens with zero attached hydrogens (tertiary/aromatic N) is 3. The number of hydrogen-bond acceptors (Lipinski definition) is 7. The molecule has 0 saturated carbocycles. The Morgan fingerprint density at radius 2 is 1.74 bits per heavy atom. The average molecular weight is 499 g/mol. The molecule has 0 unspecified atom stereocenters. The molecule has 1 aromatic heterocycles. The first-order chi connectivity index (χ1) is 17.0. The number of benzene rings is 1. The van der Waals surface area contributed by atoms with E-state index in [-0.39, 0.29) is 24.1 Å². The van der Waals surface area contributed by atoms with Gasteiger partial charge in [0.05, 0.1) is 24.0 Å². The first kappa shape index (κ1) is 25.3. The number of carbonyl (C=O) groups is 2. The molecule has 0 bridgehead atoms. The summed E-state index contributed by atoms with van der Waals surface area (Å²) in [5.74, 6) is 0.502. The average Bonchev–Trinajstić information content (AvgIpc) is 2.89. The lowest BCUT2D eigenvalue weighted by molar-refractivity contribution is 0.0860. The van der Waals surface area contributed by atoms with Gasteiger partial charge >= 0.3 is 6.09 Å². The predicted octanol–water partition coefficient (Wildman–Crippen LogP) is 3.78. The van der Waals surface area contributed by atoms with E-state index in [1.165, 1.54) is 4.90 Å². The normalized spacial score (nSPS) is 17.3. The van der Waals surface area contributed by atoms with Crippen LogP contribution in [0.5, 0.6) is 0 Å². The van der Waals surface area contributed by atoms with E-state index in [4.69, 9.17) is 9.72 Å². The molecule has 3 heterocycles. The minimum Gasteiger partial charge on any atom is -0.450 e. The molecule has 2 aromatic rings. The number of nitrogens with one attached hydrogen (secondary N) is 1. The number of anilines is 1. The molecule has 8 nitrogen and oxygen atoms in total. The van der Waals surface area contributed by atoms with Gasteiger partial charge in [0.25, 0.3) is 5.91 Å². The van der Waals surface area contributed by atoms with Crippen molar-refractivity contribution in [3.05, 3.63) is 42.0 Å². The third kappa shape index (κ3) is 6.27. The van der Waals surface area contributed by atoms with Gasteiger partial charge in [0.1, 0.15) is 5.82 Å². The minimum atomic E-state index is -0.310. The molecule has 4 rings (SSSR count). The van der Waals surface area contributed by atoms with Crippen LogP contribution in [0.1, 0.15) is 43.0 Å². The van der Waals surface area contributed by atoms with Gasteiger partial charge in [-0.2, -0.15) is 0 Å². The van der Waals surface area contributed by atoms with E-state index < -0.39 is 0 Å². The summed E-state index contributed by atoms with van der Waals surface area (Å²) in [6, 6.07) is 12.0. The second kappa shape index (κ2) is 11.8. The highest BCUT2D eigenvalue weighted by molar-refractivity contribution is 7.98. The van der Waals surface area contributed by atoms with Crippen molar-refractivity contribution in [2.45, 2.75) is 49.6 Å². The fourth-order valence-corrected chi connectivity index (χ4v) is 4.96. The van der Waals surface area contributed by atoms with Crippen LogP contribution in [0.15, 0.2) is 41.3 Å². The Kier molecular flexibility index (Phi) is 8.51. The zero-order valence-corrected chi connectivity index (χ0v) is 21.2. The van der Waals surface area contributed by atoms with Crippen molar-refractivity contribution < 1.29 is 19.4 Å². The smallest absolute Gasteiger partial charge is 0.409 e. The van der Waals surface area contributed by atoms with Crippen LogP contribution in [0, 0.1) is 0 Å². The summed E-state index contributed by atoms with van der Waals surface area (Å²) in [7, 11) is 0. The molecule has 0 atom stereocenters. The molecule has 2 aliphatic heterocycles. The molecule has 2 fully saturated rings. The monoisotopic (exact) mass is 498 g/mol. The zero-order chi connectivity index (χ0) is 24.8. The Labute approximate surface area is 211 Å². The number of ether oxygens (including phenoxy) is 1. The highest BCUT2D eigenvalue weighted by Gasteiger charge is 2.28. The SMILES string of the molecule is CCOC(=O)N1CCC(NC(=O)c2ccc(-c3ccc(SC)cc3)nc2N2CCC(O)CC2)CC1. The molecular formula is C26H34N4O4S. The van der Waals surface area contributed by atoms with E-state index in [9.17, 15) is 14.7 Å². The van der Waals surface area contributed by atoms with Crippen LogP contribution in [0.2, 0.25) is 0 Å². The van der Waals surface area contributed by atoms with E-state index in [0.29, 0.717) is 69.9 Å². The Balaban J connectivity index is 1.51. The minimum absolute atomic E-state index is 0.0111. The van der Waals surface area contributed by atoms with E-state index >= 15 is 0 Å². The number of aliphatic hydroxyl groups is 1. The zero-order valence-electron chi connectivity index (χ0n) is 20.4. The summed E-state index contributed by atoms with van der Waals surface area (Å²) < 4.78 is 5.08. The van der Waals surface area contributed by atoms with Crippen LogP contribution < -0.4 is 10.2 Å². The number of amides is 2. The van der Waals surface area contributed by atoms with E-state index in [1.807, 2.05) is 18.4 Å². The summed E-state index contributed by atoms with van der Waals surface area (Å²) in [6.07, 6.45) is 4.12. The highest BCUT2D eigenvalue weighted by atomic mass is 32.2. The molecule has 2 saturated heterocycles. The number of aliphatic hydroxyl groups excluding tert-OH is 1. The van der Waals surface area contributed by atoms with Crippen LogP contribution in [-0.2, 0) is 4.74 Å². The maximum Gasteiger partial charge on any atom is 0.409 e. The lowest BCUT2D eigenvalue weighted by Crippen LogP contribution is -2.47. The topological polar surface area (TPSA) is 95.0 Å². The number of likely N-dealkylation sites (tertiary alicyclic amines) is 1. The summed E-state index contributed by atoms with van der Waals surface area (Å²) in [6.45, 7) is 4.58. The Morgan fingerprint density at radius 3 is 2.37 bits per heavy atom. The molecule has 188 valence electrons. The summed E-state index contributed by atoms with van der Waals surface area (Å²) in [4.78, 5) is 35.2. The van der Waals surface area contributed by atoms with Crippen molar-refractivity contribution in [3.63, 3.8) is 0 Å². The molecule has 2 aliphatic rings. The van der Waals surface area contributed by atoms with Crippen molar-refractivity contribution >= 4 is 29.6 Å². The van der Waals surface area contributed by atoms with Crippen molar-refractivity contribution in [3.8, 4) is 11.3 Å². The molecule has 0 aliphatic carbocycles. The Morgan fingerprint density at radius 1 is 1.06 bits per heavy atom. The van der Waals surface area contributed by atoms with Crippen LogP contribution in [0.25, 0.3) is 11.3 Å². The molecule has 35 heavy (non-hydrogen) atoms. The fourth-order valence-electron chi connectivity index (χ4n) is 4.55. The first-order valence-corrected chi connectivity index (χ1v) is 13.5. The quantitative estimate of drug-likeness (QED) is 0.585. The van der Waals surface area contributed by atoms with E-state index in [2.05, 4.69) is 34.5 Å². The number of piperidine rings is 2. The first-order valence-electron chi connectivity index (χ1n) is 12.3. The van der Waals surface area contributed by atoms with Crippen LogP contribution >= 0.6 is 11.8 Å². The molecule has 9 heteroatoms. The molecule has 2 amide bonds. The fraction of sp³-hybridized carbons (Fsp3) is 0.500. The highest BCUT2D eigenvalue weighted by Crippen LogP contribution is 2.28. The Bertz CT molecular complexity index is 1020. The van der Waals surface area contributed by atoms with Crippen molar-refractivity contribution in [1.29, 1.82) is 0 Å². The van der Waals surface area contributed by atoms with Gasteiger partial charge in [-0.3, -0.25) is 4.79 Å². The van der Waals surface area contributed by atoms with Crippen LogP contribution in [-0.4, -0.2) is 78.2 Å². The van der Waals surface area contributed by atoms with E-state index in [1.54, 1.807) is 23.6 Å². The van der Waals surface area contributed by atoms with Gasteiger partial charge in [-0.1, -0.05) is 12.1 Å². The third-order valence-electron chi connectivity index (χ3n) is 6.63. The predicted molar refractivity (Wildman–Crippen MR) is 138 cm³/mol. The van der Waals surface area contributed by atoms with Crippen molar-refractivity contribution in [1.82, 2.24) is 15.2 Å². The standard InChI is InChI=1S/C26H34N4O4S/c1-3-34-26(33)30-14-10-19(11-15-30)27-25(32)22-8-9-23(18-4-6-21(35-2)7-5-18)28-24(22)29-16-12-20(31)13-17-29/h4-9,19-20,31H,3,10-17H2,1-2H3,(H,27,32). The lowest BCUT2D eigenvalue weighted by Gasteiger charge is -2.33. The Hall–Kier alpha value is -2.78. The van der Waals surface area contributed by atoms with Gasteiger partial charge in [-0.15, -0.1) is 11.8 Å². The van der Waals surface area contributed by atoms with Crippen LogP contribution in [0.3, 0.4) is 0 Å². The summed E-state index contributed by atoms with van der Waals surface area (Å²) in [5.41, 5.74) is 2.36. The summed E-state index contributed by atoms with van der Waals surface area (Å²) in [5, 5.41) is 13.1. The van der Waals surface area contributed by atoms with Gasteiger partial charge in [0, 0.05) is 42.7 Å². The second-order valence-corrected chi connectivity index (χ2v) is 9.83. The van der Waals surface area contributed by atoms with Gasteiger partial charge in [0.15, 0.2) is 0 Å². The van der Waals surface area contributed by atoms with Gasteiger partial charge in [-0.05, 0) is 63.1 Å². The van der Waals surface area contributed by atoms with Gasteiger partial charge in [0.2, 0.25) is 0 Å². The van der Waals surface area contributed by atoms with Crippen LogP contribution in [0.4, 0.5) is 10.6 Å². The number of thioether (sulfide) groups is 1. The largest absolute Gasteiger partial charge is 0.450 e. The molecule has 0 spiro atoms. The third-order valence-corrected chi connectivity index (χ3v) is 7.37. The second-order valence-electron chi connectivity index (χ2n) is 8.95. The molecule has 2 N–H and O–H groups in total. The number of carbonyl (C=O) groups excluding carboxylic acids is 2.